The van der Waals surface area contributed by atoms with E-state index in [1.165, 1.54) is 18.2 Å². The van der Waals surface area contributed by atoms with Gasteiger partial charge >= 0.3 is 6.18 Å². The monoisotopic (exact) mass is 336 g/mol. The quantitative estimate of drug-likeness (QED) is 0.881. The second kappa shape index (κ2) is 7.33. The summed E-state index contributed by atoms with van der Waals surface area (Å²) in [7, 11) is 0. The van der Waals surface area contributed by atoms with E-state index in [9.17, 15) is 18.0 Å². The summed E-state index contributed by atoms with van der Waals surface area (Å²) in [6.07, 6.45) is -1.18. The molecule has 0 radical (unpaired) electrons. The second-order valence-electron chi connectivity index (χ2n) is 5.66. The summed E-state index contributed by atoms with van der Waals surface area (Å²) in [5.74, 6) is -0.314. The Morgan fingerprint density at radius 2 is 1.86 bits per heavy atom. The van der Waals surface area contributed by atoms with E-state index in [1.807, 2.05) is 0 Å². The van der Waals surface area contributed by atoms with Gasteiger partial charge in [-0.05, 0) is 30.5 Å². The van der Waals surface area contributed by atoms with E-state index in [0.29, 0.717) is 18.5 Å². The Hall–Kier alpha value is -1.27. The average Bonchev–Trinajstić information content (AvgIpc) is 2.38. The summed E-state index contributed by atoms with van der Waals surface area (Å²) >= 11 is 0. The molecule has 3 nitrogen and oxygen atoms in total. The van der Waals surface area contributed by atoms with Crippen molar-refractivity contribution < 1.29 is 18.0 Å². The van der Waals surface area contributed by atoms with Crippen molar-refractivity contribution in [3.05, 3.63) is 29.8 Å². The Bertz CT molecular complexity index is 514. The fraction of sp³-hybridized carbons (Fsp3) is 0.533. The van der Waals surface area contributed by atoms with Crippen LogP contribution in [0.1, 0.15) is 37.7 Å². The standard InChI is InChI=1S/C15H19F3N2O.ClH/c16-15(17,18)10-11-5-4-6-12(9-11)20-13(21)14(19)7-2-1-3-8-14;/h4-6,9H,1-3,7-8,10,19H2,(H,20,21);1H. The molecule has 0 aromatic heterocycles. The van der Waals surface area contributed by atoms with Gasteiger partial charge in [0, 0.05) is 5.69 Å². The largest absolute Gasteiger partial charge is 0.393 e. The van der Waals surface area contributed by atoms with Gasteiger partial charge in [-0.3, -0.25) is 4.79 Å². The lowest BCUT2D eigenvalue weighted by atomic mass is 9.82. The highest BCUT2D eigenvalue weighted by molar-refractivity contribution is 5.98. The highest BCUT2D eigenvalue weighted by Crippen LogP contribution is 2.28. The first-order valence-corrected chi connectivity index (χ1v) is 7.05. The summed E-state index contributed by atoms with van der Waals surface area (Å²) < 4.78 is 37.1. The molecule has 1 aromatic carbocycles. The lowest BCUT2D eigenvalue weighted by molar-refractivity contribution is -0.127. The second-order valence-corrected chi connectivity index (χ2v) is 5.66. The van der Waals surface area contributed by atoms with Crippen molar-refractivity contribution in [2.75, 3.05) is 5.32 Å². The highest BCUT2D eigenvalue weighted by Gasteiger charge is 2.35. The molecule has 3 N–H and O–H groups in total. The normalized spacial score (nSPS) is 17.5. The maximum atomic E-state index is 12.4. The van der Waals surface area contributed by atoms with Crippen LogP contribution in [0.3, 0.4) is 0 Å². The van der Waals surface area contributed by atoms with Gasteiger partial charge in [0.05, 0.1) is 12.0 Å². The molecule has 0 aliphatic heterocycles. The Labute approximate surface area is 133 Å². The van der Waals surface area contributed by atoms with Crippen LogP contribution >= 0.6 is 12.4 Å². The fourth-order valence-corrected chi connectivity index (χ4v) is 2.66. The molecule has 0 unspecified atom stereocenters. The molecule has 124 valence electrons. The van der Waals surface area contributed by atoms with Crippen molar-refractivity contribution in [3.8, 4) is 0 Å². The number of rotatable bonds is 3. The van der Waals surface area contributed by atoms with E-state index in [1.54, 1.807) is 6.07 Å². The summed E-state index contributed by atoms with van der Waals surface area (Å²) in [6.45, 7) is 0. The molecule has 1 amide bonds. The van der Waals surface area contributed by atoms with Crippen LogP contribution < -0.4 is 11.1 Å². The van der Waals surface area contributed by atoms with Crippen LogP contribution in [0, 0.1) is 0 Å². The predicted octanol–water partition coefficient (Wildman–Crippen LogP) is 3.81. The van der Waals surface area contributed by atoms with Gasteiger partial charge in [-0.15, -0.1) is 12.4 Å². The molecule has 0 atom stereocenters. The van der Waals surface area contributed by atoms with Crippen LogP contribution in [0.15, 0.2) is 24.3 Å². The van der Waals surface area contributed by atoms with Crippen molar-refractivity contribution in [2.24, 2.45) is 5.73 Å². The SMILES string of the molecule is Cl.NC1(C(=O)Nc2cccc(CC(F)(F)F)c2)CCCCC1. The molecule has 1 aromatic rings. The number of alkyl halides is 3. The summed E-state index contributed by atoms with van der Waals surface area (Å²) in [4.78, 5) is 12.2. The fourth-order valence-electron chi connectivity index (χ4n) is 2.66. The van der Waals surface area contributed by atoms with Crippen molar-refractivity contribution in [2.45, 2.75) is 50.2 Å². The lowest BCUT2D eigenvalue weighted by Crippen LogP contribution is -2.52. The number of halogens is 4. The predicted molar refractivity (Wildman–Crippen MR) is 82.1 cm³/mol. The van der Waals surface area contributed by atoms with E-state index >= 15 is 0 Å². The number of nitrogens with one attached hydrogen (secondary N) is 1. The number of carbonyl (C=O) groups is 1. The van der Waals surface area contributed by atoms with Crippen molar-refractivity contribution >= 4 is 24.0 Å². The Morgan fingerprint density at radius 1 is 1.23 bits per heavy atom. The average molecular weight is 337 g/mol. The van der Waals surface area contributed by atoms with Crippen LogP contribution in [0.5, 0.6) is 0 Å². The molecule has 1 fully saturated rings. The number of anilines is 1. The summed E-state index contributed by atoms with van der Waals surface area (Å²) in [5.41, 5.74) is 5.67. The highest BCUT2D eigenvalue weighted by atomic mass is 35.5. The van der Waals surface area contributed by atoms with Crippen LogP contribution in [0.25, 0.3) is 0 Å². The lowest BCUT2D eigenvalue weighted by Gasteiger charge is -2.31. The molecule has 7 heteroatoms. The number of hydrogen-bond donors (Lipinski definition) is 2. The zero-order chi connectivity index (χ0) is 15.5. The molecule has 0 spiro atoms. The minimum Gasteiger partial charge on any atom is -0.324 e. The zero-order valence-electron chi connectivity index (χ0n) is 12.1. The van der Waals surface area contributed by atoms with Crippen LogP contribution in [0.2, 0.25) is 0 Å². The third-order valence-electron chi connectivity index (χ3n) is 3.79. The van der Waals surface area contributed by atoms with Gasteiger partial charge in [0.1, 0.15) is 0 Å². The van der Waals surface area contributed by atoms with Gasteiger partial charge in [0.25, 0.3) is 0 Å². The van der Waals surface area contributed by atoms with E-state index < -0.39 is 18.1 Å². The molecule has 0 heterocycles. The van der Waals surface area contributed by atoms with Crippen molar-refractivity contribution in [1.29, 1.82) is 0 Å². The minimum atomic E-state index is -4.26. The van der Waals surface area contributed by atoms with Gasteiger partial charge in [-0.25, -0.2) is 0 Å². The summed E-state index contributed by atoms with van der Waals surface area (Å²) in [6, 6.07) is 5.81. The van der Waals surface area contributed by atoms with E-state index in [2.05, 4.69) is 5.32 Å². The van der Waals surface area contributed by atoms with Gasteiger partial charge in [0.15, 0.2) is 0 Å². The first-order valence-electron chi connectivity index (χ1n) is 7.05. The van der Waals surface area contributed by atoms with Gasteiger partial charge < -0.3 is 11.1 Å². The molecule has 22 heavy (non-hydrogen) atoms. The maximum absolute atomic E-state index is 12.4. The van der Waals surface area contributed by atoms with Crippen LogP contribution in [-0.2, 0) is 11.2 Å². The molecule has 0 saturated heterocycles. The molecular formula is C15H20ClF3N2O. The third kappa shape index (κ3) is 5.18. The topological polar surface area (TPSA) is 55.1 Å². The smallest absolute Gasteiger partial charge is 0.324 e. The van der Waals surface area contributed by atoms with Gasteiger partial charge in [-0.1, -0.05) is 31.4 Å². The number of benzene rings is 1. The molecule has 2 rings (SSSR count). The van der Waals surface area contributed by atoms with Crippen LogP contribution in [-0.4, -0.2) is 17.6 Å². The van der Waals surface area contributed by atoms with E-state index in [0.717, 1.165) is 19.3 Å². The Balaban J connectivity index is 0.00000242. The molecule has 1 aliphatic carbocycles. The van der Waals surface area contributed by atoms with Crippen molar-refractivity contribution in [3.63, 3.8) is 0 Å². The molecular weight excluding hydrogens is 317 g/mol. The first kappa shape index (κ1) is 18.8. The summed E-state index contributed by atoms with van der Waals surface area (Å²) in [5, 5.41) is 2.65. The molecule has 1 saturated carbocycles. The van der Waals surface area contributed by atoms with Crippen molar-refractivity contribution in [1.82, 2.24) is 0 Å². The molecule has 1 aliphatic rings. The third-order valence-corrected chi connectivity index (χ3v) is 3.79. The molecule has 0 bridgehead atoms. The number of nitrogens with two attached hydrogens (primary N) is 1. The van der Waals surface area contributed by atoms with Crippen LogP contribution in [0.4, 0.5) is 18.9 Å². The number of hydrogen-bond acceptors (Lipinski definition) is 2. The number of carbonyl (C=O) groups excluding carboxylic acids is 1. The Morgan fingerprint density at radius 3 is 2.45 bits per heavy atom. The minimum absolute atomic E-state index is 0. The maximum Gasteiger partial charge on any atom is 0.393 e. The Kier molecular flexibility index (Phi) is 6.26. The van der Waals surface area contributed by atoms with Gasteiger partial charge in [0.2, 0.25) is 5.91 Å². The number of amides is 1. The first-order chi connectivity index (χ1) is 9.78. The van der Waals surface area contributed by atoms with Gasteiger partial charge in [-0.2, -0.15) is 13.2 Å². The van der Waals surface area contributed by atoms with E-state index in [4.69, 9.17) is 5.73 Å². The van der Waals surface area contributed by atoms with E-state index in [-0.39, 0.29) is 23.9 Å². The zero-order valence-corrected chi connectivity index (χ0v) is 12.9.